The lowest BCUT2D eigenvalue weighted by Gasteiger charge is -2.22. The SMILES string of the molecule is Cc1ccc(C)c(N[C@H]2C[C@@H]3C=C[C@H]2C3)c1. The molecule has 1 saturated carbocycles. The smallest absolute Gasteiger partial charge is 0.0374 e. The van der Waals surface area contributed by atoms with Gasteiger partial charge in [-0.1, -0.05) is 24.3 Å². The molecule has 84 valence electrons. The Kier molecular flexibility index (Phi) is 2.27. The van der Waals surface area contributed by atoms with E-state index in [0.29, 0.717) is 6.04 Å². The van der Waals surface area contributed by atoms with E-state index in [-0.39, 0.29) is 0 Å². The van der Waals surface area contributed by atoms with Crippen molar-refractivity contribution in [3.8, 4) is 0 Å². The number of anilines is 1. The quantitative estimate of drug-likeness (QED) is 0.739. The Morgan fingerprint density at radius 2 is 2.00 bits per heavy atom. The summed E-state index contributed by atoms with van der Waals surface area (Å²) in [5, 5.41) is 3.73. The van der Waals surface area contributed by atoms with Gasteiger partial charge in [0, 0.05) is 11.7 Å². The molecular formula is C15H19N. The van der Waals surface area contributed by atoms with Crippen molar-refractivity contribution in [1.82, 2.24) is 0 Å². The van der Waals surface area contributed by atoms with Gasteiger partial charge in [-0.25, -0.2) is 0 Å². The molecule has 0 amide bonds. The molecule has 0 heterocycles. The molecule has 0 saturated heterocycles. The Bertz CT molecular complexity index is 433. The van der Waals surface area contributed by atoms with Gasteiger partial charge in [0.1, 0.15) is 0 Å². The van der Waals surface area contributed by atoms with Crippen LogP contribution in [0.4, 0.5) is 5.69 Å². The zero-order valence-corrected chi connectivity index (χ0v) is 10.0. The molecule has 1 nitrogen and oxygen atoms in total. The van der Waals surface area contributed by atoms with E-state index in [1.165, 1.54) is 29.7 Å². The van der Waals surface area contributed by atoms with E-state index in [2.05, 4.69) is 49.5 Å². The maximum atomic E-state index is 3.73. The minimum absolute atomic E-state index is 0.662. The van der Waals surface area contributed by atoms with E-state index in [1.54, 1.807) is 0 Å². The Morgan fingerprint density at radius 3 is 2.69 bits per heavy atom. The van der Waals surface area contributed by atoms with Crippen molar-refractivity contribution in [2.45, 2.75) is 32.7 Å². The summed E-state index contributed by atoms with van der Waals surface area (Å²) in [4.78, 5) is 0. The highest BCUT2D eigenvalue weighted by Gasteiger charge is 2.35. The summed E-state index contributed by atoms with van der Waals surface area (Å²) < 4.78 is 0. The molecule has 0 spiro atoms. The normalized spacial score (nSPS) is 31.0. The first kappa shape index (κ1) is 9.95. The zero-order valence-electron chi connectivity index (χ0n) is 10.0. The van der Waals surface area contributed by atoms with Crippen LogP contribution >= 0.6 is 0 Å². The standard InChI is InChI=1S/C15H19N/c1-10-3-4-11(2)14(7-10)16-15-9-12-5-6-13(15)8-12/h3-7,12-13,15-16H,8-9H2,1-2H3/t12-,13+,15+/m1/s1. The molecule has 1 N–H and O–H groups in total. The van der Waals surface area contributed by atoms with Gasteiger partial charge in [-0.2, -0.15) is 0 Å². The highest BCUT2D eigenvalue weighted by atomic mass is 14.9. The van der Waals surface area contributed by atoms with Crippen molar-refractivity contribution < 1.29 is 0 Å². The number of aryl methyl sites for hydroxylation is 2. The lowest BCUT2D eigenvalue weighted by atomic mass is 10.0. The number of rotatable bonds is 2. The second-order valence-corrected chi connectivity index (χ2v) is 5.35. The Labute approximate surface area is 97.6 Å². The second kappa shape index (κ2) is 3.65. The molecule has 0 unspecified atom stereocenters. The third kappa shape index (κ3) is 1.64. The largest absolute Gasteiger partial charge is 0.381 e. The van der Waals surface area contributed by atoms with Gasteiger partial charge in [0.25, 0.3) is 0 Å². The van der Waals surface area contributed by atoms with E-state index in [9.17, 15) is 0 Å². The summed E-state index contributed by atoms with van der Waals surface area (Å²) in [6, 6.07) is 7.32. The molecule has 2 aliphatic carbocycles. The maximum Gasteiger partial charge on any atom is 0.0374 e. The van der Waals surface area contributed by atoms with Crippen molar-refractivity contribution in [2.24, 2.45) is 11.8 Å². The molecular weight excluding hydrogens is 194 g/mol. The molecule has 3 rings (SSSR count). The van der Waals surface area contributed by atoms with Crippen LogP contribution in [-0.2, 0) is 0 Å². The number of fused-ring (bicyclic) bond motifs is 2. The molecule has 1 fully saturated rings. The number of nitrogens with one attached hydrogen (secondary N) is 1. The average Bonchev–Trinajstić information content (AvgIpc) is 2.85. The Morgan fingerprint density at radius 1 is 1.12 bits per heavy atom. The minimum atomic E-state index is 0.662. The third-order valence-electron chi connectivity index (χ3n) is 4.01. The summed E-state index contributed by atoms with van der Waals surface area (Å²) in [5.41, 5.74) is 4.02. The Balaban J connectivity index is 1.79. The fraction of sp³-hybridized carbons (Fsp3) is 0.467. The summed E-state index contributed by atoms with van der Waals surface area (Å²) in [5.74, 6) is 1.61. The van der Waals surface area contributed by atoms with Crippen LogP contribution in [0, 0.1) is 25.7 Å². The van der Waals surface area contributed by atoms with Crippen molar-refractivity contribution in [3.05, 3.63) is 41.5 Å². The summed E-state index contributed by atoms with van der Waals surface area (Å²) in [6.07, 6.45) is 7.47. The molecule has 1 aromatic carbocycles. The maximum absolute atomic E-state index is 3.73. The molecule has 3 atom stereocenters. The molecule has 16 heavy (non-hydrogen) atoms. The molecule has 0 aliphatic heterocycles. The van der Waals surface area contributed by atoms with Crippen molar-refractivity contribution in [1.29, 1.82) is 0 Å². The van der Waals surface area contributed by atoms with E-state index in [0.717, 1.165) is 11.8 Å². The summed E-state index contributed by atoms with van der Waals surface area (Å²) in [7, 11) is 0. The van der Waals surface area contributed by atoms with Crippen LogP contribution in [0.5, 0.6) is 0 Å². The first-order valence-electron chi connectivity index (χ1n) is 6.24. The van der Waals surface area contributed by atoms with Gasteiger partial charge in [0.05, 0.1) is 0 Å². The van der Waals surface area contributed by atoms with Crippen LogP contribution in [0.15, 0.2) is 30.4 Å². The fourth-order valence-electron chi connectivity index (χ4n) is 3.04. The number of benzene rings is 1. The highest BCUT2D eigenvalue weighted by Crippen LogP contribution is 2.40. The van der Waals surface area contributed by atoms with Crippen LogP contribution in [0.2, 0.25) is 0 Å². The van der Waals surface area contributed by atoms with Crippen LogP contribution in [0.1, 0.15) is 24.0 Å². The molecule has 0 aromatic heterocycles. The highest BCUT2D eigenvalue weighted by molar-refractivity contribution is 5.53. The molecule has 2 aliphatic rings. The zero-order chi connectivity index (χ0) is 11.1. The number of hydrogen-bond acceptors (Lipinski definition) is 1. The van der Waals surface area contributed by atoms with Gasteiger partial charge in [-0.3, -0.25) is 0 Å². The van der Waals surface area contributed by atoms with Gasteiger partial charge in [0.15, 0.2) is 0 Å². The first-order chi connectivity index (χ1) is 7.72. The van der Waals surface area contributed by atoms with Crippen molar-refractivity contribution >= 4 is 5.69 Å². The Hall–Kier alpha value is -1.24. The second-order valence-electron chi connectivity index (χ2n) is 5.35. The van der Waals surface area contributed by atoms with Crippen molar-refractivity contribution in [3.63, 3.8) is 0 Å². The average molecular weight is 213 g/mol. The van der Waals surface area contributed by atoms with Crippen molar-refractivity contribution in [2.75, 3.05) is 5.32 Å². The molecule has 1 aromatic rings. The van der Waals surface area contributed by atoms with Gasteiger partial charge in [0.2, 0.25) is 0 Å². The molecule has 0 radical (unpaired) electrons. The van der Waals surface area contributed by atoms with Gasteiger partial charge >= 0.3 is 0 Å². The van der Waals surface area contributed by atoms with Gasteiger partial charge < -0.3 is 5.32 Å². The topological polar surface area (TPSA) is 12.0 Å². The first-order valence-corrected chi connectivity index (χ1v) is 6.24. The van der Waals surface area contributed by atoms with Gasteiger partial charge in [-0.05, 0) is 55.7 Å². The van der Waals surface area contributed by atoms with Crippen LogP contribution in [0.25, 0.3) is 0 Å². The lowest BCUT2D eigenvalue weighted by molar-refractivity contribution is 0.614. The lowest BCUT2D eigenvalue weighted by Crippen LogP contribution is -2.24. The number of allylic oxidation sites excluding steroid dienone is 1. The van der Waals surface area contributed by atoms with E-state index in [1.807, 2.05) is 0 Å². The van der Waals surface area contributed by atoms with Crippen LogP contribution < -0.4 is 5.32 Å². The summed E-state index contributed by atoms with van der Waals surface area (Å²) >= 11 is 0. The molecule has 2 bridgehead atoms. The van der Waals surface area contributed by atoms with E-state index in [4.69, 9.17) is 0 Å². The van der Waals surface area contributed by atoms with E-state index >= 15 is 0 Å². The van der Waals surface area contributed by atoms with Gasteiger partial charge in [-0.15, -0.1) is 0 Å². The monoisotopic (exact) mass is 213 g/mol. The van der Waals surface area contributed by atoms with Crippen LogP contribution in [0.3, 0.4) is 0 Å². The third-order valence-corrected chi connectivity index (χ3v) is 4.01. The predicted molar refractivity (Wildman–Crippen MR) is 68.7 cm³/mol. The minimum Gasteiger partial charge on any atom is -0.381 e. The van der Waals surface area contributed by atoms with Crippen LogP contribution in [-0.4, -0.2) is 6.04 Å². The predicted octanol–water partition coefficient (Wildman–Crippen LogP) is 3.68. The van der Waals surface area contributed by atoms with E-state index < -0.39 is 0 Å². The fourth-order valence-corrected chi connectivity index (χ4v) is 3.04. The molecule has 1 heteroatoms. The summed E-state index contributed by atoms with van der Waals surface area (Å²) in [6.45, 7) is 4.34. The number of hydrogen-bond donors (Lipinski definition) is 1.